The molecule has 4 heteroatoms. The number of rotatable bonds is 4. The predicted molar refractivity (Wildman–Crippen MR) is 77.0 cm³/mol. The Labute approximate surface area is 116 Å². The minimum absolute atomic E-state index is 0.133. The summed E-state index contributed by atoms with van der Waals surface area (Å²) in [5, 5.41) is 13.4. The van der Waals surface area contributed by atoms with Crippen LogP contribution in [-0.2, 0) is 0 Å². The van der Waals surface area contributed by atoms with E-state index in [9.17, 15) is 5.11 Å². The SMILES string of the molecule is NCC1(NC2CCCC2CO)CCN2CCCC2C1. The average molecular weight is 267 g/mol. The van der Waals surface area contributed by atoms with Gasteiger partial charge < -0.3 is 21.1 Å². The molecule has 4 nitrogen and oxygen atoms in total. The van der Waals surface area contributed by atoms with Crippen LogP contribution in [0.3, 0.4) is 0 Å². The quantitative estimate of drug-likeness (QED) is 0.701. The summed E-state index contributed by atoms with van der Waals surface area (Å²) in [6.45, 7) is 3.55. The summed E-state index contributed by atoms with van der Waals surface area (Å²) >= 11 is 0. The number of hydrogen-bond donors (Lipinski definition) is 3. The van der Waals surface area contributed by atoms with E-state index >= 15 is 0 Å². The summed E-state index contributed by atoms with van der Waals surface area (Å²) < 4.78 is 0. The normalized spacial score (nSPS) is 43.6. The number of nitrogens with two attached hydrogens (primary N) is 1. The summed E-state index contributed by atoms with van der Waals surface area (Å²) in [6.07, 6.45) is 8.71. The first-order chi connectivity index (χ1) is 9.26. The monoisotopic (exact) mass is 267 g/mol. The summed E-state index contributed by atoms with van der Waals surface area (Å²) in [5.41, 5.74) is 6.28. The lowest BCUT2D eigenvalue weighted by atomic mass is 9.82. The minimum Gasteiger partial charge on any atom is -0.396 e. The number of aliphatic hydroxyl groups excluding tert-OH is 1. The molecule has 0 aromatic rings. The third kappa shape index (κ3) is 2.68. The molecule has 0 bridgehead atoms. The average Bonchev–Trinajstić information content (AvgIpc) is 3.06. The second-order valence-corrected chi connectivity index (χ2v) is 6.89. The standard InChI is InChI=1S/C15H29N3O/c16-11-15(17-14-5-1-3-12(14)10-19)6-8-18-7-2-4-13(18)9-15/h12-14,17,19H,1-11,16H2. The molecule has 2 heterocycles. The van der Waals surface area contributed by atoms with Gasteiger partial charge in [-0.2, -0.15) is 0 Å². The van der Waals surface area contributed by atoms with E-state index in [1.165, 1.54) is 58.0 Å². The predicted octanol–water partition coefficient (Wildman–Crippen LogP) is 0.693. The van der Waals surface area contributed by atoms with Crippen LogP contribution < -0.4 is 11.1 Å². The van der Waals surface area contributed by atoms with E-state index in [0.717, 1.165) is 12.6 Å². The van der Waals surface area contributed by atoms with Gasteiger partial charge in [-0.1, -0.05) is 6.42 Å². The molecule has 4 N–H and O–H groups in total. The van der Waals surface area contributed by atoms with E-state index in [2.05, 4.69) is 10.2 Å². The smallest absolute Gasteiger partial charge is 0.0474 e. The van der Waals surface area contributed by atoms with Crippen LogP contribution in [0.1, 0.15) is 44.9 Å². The van der Waals surface area contributed by atoms with Crippen LogP contribution in [0.5, 0.6) is 0 Å². The van der Waals surface area contributed by atoms with Crippen molar-refractivity contribution in [3.8, 4) is 0 Å². The van der Waals surface area contributed by atoms with Crippen molar-refractivity contribution in [2.24, 2.45) is 11.7 Å². The van der Waals surface area contributed by atoms with Crippen LogP contribution >= 0.6 is 0 Å². The second kappa shape index (κ2) is 5.68. The van der Waals surface area contributed by atoms with Gasteiger partial charge in [0, 0.05) is 37.3 Å². The fourth-order valence-corrected chi connectivity index (χ4v) is 4.55. The van der Waals surface area contributed by atoms with Gasteiger partial charge in [-0.25, -0.2) is 0 Å². The van der Waals surface area contributed by atoms with Crippen LogP contribution in [0, 0.1) is 5.92 Å². The highest BCUT2D eigenvalue weighted by atomic mass is 16.3. The fraction of sp³-hybridized carbons (Fsp3) is 1.00. The summed E-state index contributed by atoms with van der Waals surface area (Å²) in [7, 11) is 0. The largest absolute Gasteiger partial charge is 0.396 e. The number of aliphatic hydroxyl groups is 1. The molecule has 0 spiro atoms. The number of nitrogens with one attached hydrogen (secondary N) is 1. The van der Waals surface area contributed by atoms with Crippen molar-refractivity contribution in [2.75, 3.05) is 26.2 Å². The zero-order chi connectivity index (χ0) is 13.3. The highest BCUT2D eigenvalue weighted by Gasteiger charge is 2.43. The van der Waals surface area contributed by atoms with Crippen LogP contribution in [0.2, 0.25) is 0 Å². The zero-order valence-corrected chi connectivity index (χ0v) is 12.0. The Morgan fingerprint density at radius 2 is 2.11 bits per heavy atom. The minimum atomic E-state index is 0.133. The van der Waals surface area contributed by atoms with E-state index < -0.39 is 0 Å². The first kappa shape index (κ1) is 13.8. The summed E-state index contributed by atoms with van der Waals surface area (Å²) in [5.74, 6) is 0.449. The van der Waals surface area contributed by atoms with Crippen LogP contribution in [0.4, 0.5) is 0 Å². The van der Waals surface area contributed by atoms with Gasteiger partial charge in [0.2, 0.25) is 0 Å². The van der Waals surface area contributed by atoms with E-state index in [1.54, 1.807) is 0 Å². The molecular formula is C15H29N3O. The Kier molecular flexibility index (Phi) is 4.13. The maximum Gasteiger partial charge on any atom is 0.0474 e. The maximum absolute atomic E-state index is 9.49. The van der Waals surface area contributed by atoms with Crippen molar-refractivity contribution in [3.63, 3.8) is 0 Å². The molecule has 0 amide bonds. The third-order valence-corrected chi connectivity index (χ3v) is 5.78. The molecule has 0 aromatic carbocycles. The van der Waals surface area contributed by atoms with Gasteiger partial charge in [0.05, 0.1) is 0 Å². The van der Waals surface area contributed by atoms with E-state index in [-0.39, 0.29) is 5.54 Å². The lowest BCUT2D eigenvalue weighted by molar-refractivity contribution is 0.0899. The van der Waals surface area contributed by atoms with Crippen molar-refractivity contribution in [2.45, 2.75) is 62.6 Å². The molecule has 4 unspecified atom stereocenters. The molecule has 2 aliphatic heterocycles. The first-order valence-electron chi connectivity index (χ1n) is 8.09. The molecule has 4 atom stereocenters. The molecule has 0 aromatic heterocycles. The second-order valence-electron chi connectivity index (χ2n) is 6.89. The topological polar surface area (TPSA) is 61.5 Å². The summed E-state index contributed by atoms with van der Waals surface area (Å²) in [4.78, 5) is 2.65. The molecule has 3 aliphatic rings. The summed E-state index contributed by atoms with van der Waals surface area (Å²) in [6, 6.07) is 1.24. The van der Waals surface area contributed by atoms with Crippen LogP contribution in [-0.4, -0.2) is 53.9 Å². The molecule has 0 radical (unpaired) electrons. The van der Waals surface area contributed by atoms with E-state index in [1.807, 2.05) is 0 Å². The van der Waals surface area contributed by atoms with Crippen LogP contribution in [0.15, 0.2) is 0 Å². The highest BCUT2D eigenvalue weighted by Crippen LogP contribution is 2.35. The molecule has 1 aliphatic carbocycles. The first-order valence-corrected chi connectivity index (χ1v) is 8.09. The number of fused-ring (bicyclic) bond motifs is 1. The molecule has 3 rings (SSSR count). The highest BCUT2D eigenvalue weighted by molar-refractivity contribution is 5.03. The molecule has 1 saturated carbocycles. The van der Waals surface area contributed by atoms with Crippen molar-refractivity contribution in [1.29, 1.82) is 0 Å². The van der Waals surface area contributed by atoms with Crippen LogP contribution in [0.25, 0.3) is 0 Å². The van der Waals surface area contributed by atoms with E-state index in [0.29, 0.717) is 18.6 Å². The molecule has 2 saturated heterocycles. The fourth-order valence-electron chi connectivity index (χ4n) is 4.55. The maximum atomic E-state index is 9.49. The van der Waals surface area contributed by atoms with Crippen molar-refractivity contribution in [3.05, 3.63) is 0 Å². The number of nitrogens with zero attached hydrogens (tertiary/aromatic N) is 1. The molecular weight excluding hydrogens is 238 g/mol. The molecule has 19 heavy (non-hydrogen) atoms. The Bertz CT molecular complexity index is 312. The van der Waals surface area contributed by atoms with Gasteiger partial charge in [0.25, 0.3) is 0 Å². The lowest BCUT2D eigenvalue weighted by Crippen LogP contribution is -2.62. The van der Waals surface area contributed by atoms with Gasteiger partial charge >= 0.3 is 0 Å². The van der Waals surface area contributed by atoms with Gasteiger partial charge in [-0.05, 0) is 51.0 Å². The van der Waals surface area contributed by atoms with Gasteiger partial charge in [0.1, 0.15) is 0 Å². The lowest BCUT2D eigenvalue weighted by Gasteiger charge is -2.46. The van der Waals surface area contributed by atoms with Crippen molar-refractivity contribution in [1.82, 2.24) is 10.2 Å². The van der Waals surface area contributed by atoms with E-state index in [4.69, 9.17) is 5.73 Å². The zero-order valence-electron chi connectivity index (χ0n) is 12.0. The van der Waals surface area contributed by atoms with Gasteiger partial charge in [-0.3, -0.25) is 0 Å². The van der Waals surface area contributed by atoms with Gasteiger partial charge in [0.15, 0.2) is 0 Å². The third-order valence-electron chi connectivity index (χ3n) is 5.78. The number of hydrogen-bond acceptors (Lipinski definition) is 4. The Morgan fingerprint density at radius 1 is 1.21 bits per heavy atom. The van der Waals surface area contributed by atoms with Gasteiger partial charge in [-0.15, -0.1) is 0 Å². The number of piperidine rings is 1. The Morgan fingerprint density at radius 3 is 2.89 bits per heavy atom. The Hall–Kier alpha value is -0.160. The Balaban J connectivity index is 1.66. The molecule has 110 valence electrons. The van der Waals surface area contributed by atoms with Crippen molar-refractivity contribution < 1.29 is 5.11 Å². The van der Waals surface area contributed by atoms with Crippen molar-refractivity contribution >= 4 is 0 Å². The molecule has 3 fully saturated rings.